The van der Waals surface area contributed by atoms with Crippen molar-refractivity contribution < 1.29 is 29.1 Å². The molecule has 2 aliphatic rings. The molecule has 7 N–H and O–H groups in total. The maximum absolute atomic E-state index is 13.5. The second-order valence-electron chi connectivity index (χ2n) is 9.21. The quantitative estimate of drug-likeness (QED) is 0.210. The molecule has 2 saturated heterocycles. The molecule has 0 aromatic rings. The van der Waals surface area contributed by atoms with Crippen LogP contribution in [0.4, 0.5) is 0 Å². The fraction of sp³-hybridized carbons (Fsp3) is 0.864. The van der Waals surface area contributed by atoms with Crippen LogP contribution in [0.5, 0.6) is 0 Å². The minimum Gasteiger partial charge on any atom is -0.477 e. The molecule has 0 aliphatic carbocycles. The predicted molar refractivity (Wildman–Crippen MR) is 117 cm³/mol. The number of unbranched alkanes of at least 4 members (excludes halogenated alkanes) is 2. The van der Waals surface area contributed by atoms with Crippen LogP contribution in [0, 0.1) is 5.92 Å². The van der Waals surface area contributed by atoms with Crippen LogP contribution in [0.2, 0.25) is 0 Å². The fourth-order valence-corrected chi connectivity index (χ4v) is 5.48. The molecule has 2 aliphatic heterocycles. The number of quaternary nitrogens is 1. The van der Waals surface area contributed by atoms with E-state index in [9.17, 15) is 24.6 Å². The lowest BCUT2D eigenvalue weighted by Gasteiger charge is -2.41. The molecule has 0 saturated carbocycles. The van der Waals surface area contributed by atoms with Crippen molar-refractivity contribution in [3.8, 4) is 0 Å². The standard InChI is InChI=1S/C22H40N4O5/c23-12-4-3-7-17(24)20(27)26(15-5-9-19(26)22(30)31)18(21(28)29)8-2-1-6-16-10-13-25-14-11-16/h16-19,25H,1-15,23-24H2,(H-,28,29,30,31)/p+1/t17-,18-,19-,26?/m0/s1. The Morgan fingerprint density at radius 2 is 1.68 bits per heavy atom. The van der Waals surface area contributed by atoms with E-state index in [1.165, 1.54) is 0 Å². The second-order valence-corrected chi connectivity index (χ2v) is 9.21. The van der Waals surface area contributed by atoms with E-state index in [0.29, 0.717) is 51.0 Å². The summed E-state index contributed by atoms with van der Waals surface area (Å²) in [4.78, 5) is 37.8. The van der Waals surface area contributed by atoms with Crippen molar-refractivity contribution in [1.29, 1.82) is 0 Å². The maximum atomic E-state index is 13.5. The molecule has 0 aromatic heterocycles. The lowest BCUT2D eigenvalue weighted by molar-refractivity contribution is -0.875. The molecule has 2 fully saturated rings. The summed E-state index contributed by atoms with van der Waals surface area (Å²) in [5.74, 6) is -1.99. The van der Waals surface area contributed by atoms with Gasteiger partial charge in [0, 0.05) is 19.3 Å². The number of amides is 1. The van der Waals surface area contributed by atoms with E-state index in [1.807, 2.05) is 0 Å². The first-order valence-electron chi connectivity index (χ1n) is 11.9. The Morgan fingerprint density at radius 1 is 1.00 bits per heavy atom. The fourth-order valence-electron chi connectivity index (χ4n) is 5.48. The van der Waals surface area contributed by atoms with Crippen LogP contribution in [0.25, 0.3) is 0 Å². The average molecular weight is 442 g/mol. The highest BCUT2D eigenvalue weighted by molar-refractivity contribution is 5.84. The molecule has 178 valence electrons. The van der Waals surface area contributed by atoms with Crippen molar-refractivity contribution >= 4 is 17.8 Å². The van der Waals surface area contributed by atoms with Crippen molar-refractivity contribution in [2.75, 3.05) is 26.2 Å². The molecular weight excluding hydrogens is 400 g/mol. The smallest absolute Gasteiger partial charge is 0.363 e. The third-order valence-corrected chi connectivity index (χ3v) is 7.18. The molecule has 2 rings (SSSR count). The molecule has 4 atom stereocenters. The Hall–Kier alpha value is -1.55. The molecule has 0 radical (unpaired) electrons. The van der Waals surface area contributed by atoms with Gasteiger partial charge in [-0.1, -0.05) is 12.8 Å². The summed E-state index contributed by atoms with van der Waals surface area (Å²) in [5, 5.41) is 23.3. The van der Waals surface area contributed by atoms with Crippen LogP contribution in [-0.2, 0) is 14.4 Å². The molecule has 1 unspecified atom stereocenters. The average Bonchev–Trinajstić information content (AvgIpc) is 3.19. The summed E-state index contributed by atoms with van der Waals surface area (Å²) >= 11 is 0. The normalized spacial score (nSPS) is 26.5. The van der Waals surface area contributed by atoms with E-state index in [2.05, 4.69) is 5.32 Å². The number of carbonyl (C=O) groups excluding carboxylic acids is 1. The Morgan fingerprint density at radius 3 is 2.29 bits per heavy atom. The van der Waals surface area contributed by atoms with Crippen LogP contribution in [0.15, 0.2) is 0 Å². The largest absolute Gasteiger partial charge is 0.477 e. The second kappa shape index (κ2) is 12.5. The van der Waals surface area contributed by atoms with Gasteiger partial charge in [-0.3, -0.25) is 0 Å². The number of hydrogen-bond acceptors (Lipinski definition) is 6. The van der Waals surface area contributed by atoms with E-state index >= 15 is 0 Å². The zero-order chi connectivity index (χ0) is 22.9. The topological polar surface area (TPSA) is 156 Å². The molecule has 2 heterocycles. The van der Waals surface area contributed by atoms with E-state index < -0.39 is 40.5 Å². The minimum absolute atomic E-state index is 0.228. The van der Waals surface area contributed by atoms with Gasteiger partial charge in [0.2, 0.25) is 0 Å². The zero-order valence-corrected chi connectivity index (χ0v) is 18.6. The summed E-state index contributed by atoms with van der Waals surface area (Å²) in [6.07, 6.45) is 7.77. The molecule has 0 spiro atoms. The number of rotatable bonds is 13. The number of carboxylic acids is 2. The lowest BCUT2D eigenvalue weighted by atomic mass is 9.91. The van der Waals surface area contributed by atoms with Crippen LogP contribution in [0.3, 0.4) is 0 Å². The summed E-state index contributed by atoms with van der Waals surface area (Å²) in [7, 11) is 0. The SMILES string of the molecule is NCCCC[C@H](N)C(=O)[N+]1([C@@H](CCCCC2CCNCC2)C(=O)O)CCC[C@H]1C(=O)O. The number of piperidine rings is 1. The molecule has 1 amide bonds. The van der Waals surface area contributed by atoms with Gasteiger partial charge in [-0.15, -0.1) is 0 Å². The van der Waals surface area contributed by atoms with Gasteiger partial charge >= 0.3 is 17.8 Å². The van der Waals surface area contributed by atoms with Gasteiger partial charge in [-0.25, -0.2) is 18.9 Å². The van der Waals surface area contributed by atoms with Gasteiger partial charge in [-0.05, 0) is 64.1 Å². The number of hydrogen-bond donors (Lipinski definition) is 5. The number of carboxylic acid groups (broad SMARTS) is 2. The predicted octanol–water partition coefficient (Wildman–Crippen LogP) is 1.05. The van der Waals surface area contributed by atoms with Gasteiger partial charge in [0.05, 0.1) is 6.54 Å². The maximum Gasteiger partial charge on any atom is 0.363 e. The summed E-state index contributed by atoms with van der Waals surface area (Å²) in [6, 6.07) is -2.98. The van der Waals surface area contributed by atoms with E-state index in [1.54, 1.807) is 0 Å². The third kappa shape index (κ3) is 6.47. The molecular formula is C22H41N4O5+. The third-order valence-electron chi connectivity index (χ3n) is 7.18. The Kier molecular flexibility index (Phi) is 10.3. The number of nitrogens with two attached hydrogens (primary N) is 2. The van der Waals surface area contributed by atoms with Crippen LogP contribution in [-0.4, -0.2) is 76.8 Å². The van der Waals surface area contributed by atoms with E-state index in [0.717, 1.165) is 45.2 Å². The number of likely N-dealkylation sites (tertiary alicyclic amines) is 1. The highest BCUT2D eigenvalue weighted by Crippen LogP contribution is 2.35. The number of nitrogens with zero attached hydrogens (tertiary/aromatic N) is 1. The molecule has 0 aromatic carbocycles. The molecule has 9 nitrogen and oxygen atoms in total. The first-order chi connectivity index (χ1) is 14.8. The lowest BCUT2D eigenvalue weighted by Crippen LogP contribution is -2.69. The summed E-state index contributed by atoms with van der Waals surface area (Å²) in [6.45, 7) is 2.78. The Bertz CT molecular complexity index is 611. The van der Waals surface area contributed by atoms with Crippen molar-refractivity contribution in [2.24, 2.45) is 17.4 Å². The minimum atomic E-state index is -1.11. The Balaban J connectivity index is 2.13. The number of nitrogens with one attached hydrogen (secondary N) is 1. The van der Waals surface area contributed by atoms with E-state index in [-0.39, 0.29) is 6.54 Å². The van der Waals surface area contributed by atoms with Crippen molar-refractivity contribution in [3.05, 3.63) is 0 Å². The monoisotopic (exact) mass is 441 g/mol. The van der Waals surface area contributed by atoms with Crippen LogP contribution >= 0.6 is 0 Å². The Labute approximate surface area is 185 Å². The van der Waals surface area contributed by atoms with Crippen molar-refractivity contribution in [3.63, 3.8) is 0 Å². The first kappa shape index (κ1) is 25.7. The molecule has 0 bridgehead atoms. The van der Waals surface area contributed by atoms with Crippen molar-refractivity contribution in [2.45, 2.75) is 88.8 Å². The number of carbonyl (C=O) groups is 3. The summed E-state index contributed by atoms with van der Waals surface area (Å²) in [5.41, 5.74) is 11.7. The zero-order valence-electron chi connectivity index (χ0n) is 18.6. The van der Waals surface area contributed by atoms with Gasteiger partial charge in [0.25, 0.3) is 0 Å². The van der Waals surface area contributed by atoms with Gasteiger partial charge in [0.15, 0.2) is 12.1 Å². The summed E-state index contributed by atoms with van der Waals surface area (Å²) < 4.78 is -0.540. The first-order valence-corrected chi connectivity index (χ1v) is 11.9. The van der Waals surface area contributed by atoms with Crippen LogP contribution < -0.4 is 16.8 Å². The van der Waals surface area contributed by atoms with Crippen molar-refractivity contribution in [1.82, 2.24) is 5.32 Å². The highest BCUT2D eigenvalue weighted by Gasteiger charge is 2.59. The van der Waals surface area contributed by atoms with Gasteiger partial charge in [0.1, 0.15) is 6.04 Å². The molecule has 31 heavy (non-hydrogen) atoms. The van der Waals surface area contributed by atoms with Gasteiger partial charge in [-0.2, -0.15) is 0 Å². The van der Waals surface area contributed by atoms with E-state index in [4.69, 9.17) is 11.5 Å². The molecule has 9 heteroatoms. The van der Waals surface area contributed by atoms with Crippen LogP contribution in [0.1, 0.15) is 70.6 Å². The van der Waals surface area contributed by atoms with Gasteiger partial charge < -0.3 is 27.0 Å². The number of aliphatic carboxylic acids is 2. The highest BCUT2D eigenvalue weighted by atomic mass is 16.4.